The Labute approximate surface area is 105 Å². The highest BCUT2D eigenvalue weighted by Gasteiger charge is 2.35. The van der Waals surface area contributed by atoms with E-state index < -0.39 is 5.54 Å². The van der Waals surface area contributed by atoms with Crippen molar-refractivity contribution in [2.75, 3.05) is 6.61 Å². The quantitative estimate of drug-likeness (QED) is 0.808. The second-order valence-electron chi connectivity index (χ2n) is 4.44. The van der Waals surface area contributed by atoms with E-state index in [4.69, 9.17) is 11.6 Å². The van der Waals surface area contributed by atoms with E-state index in [1.165, 1.54) is 6.20 Å². The molecule has 1 aromatic heterocycles. The third kappa shape index (κ3) is 2.58. The van der Waals surface area contributed by atoms with Crippen molar-refractivity contribution >= 4 is 17.5 Å². The predicted molar refractivity (Wildman–Crippen MR) is 65.0 cm³/mol. The highest BCUT2D eigenvalue weighted by atomic mass is 35.5. The van der Waals surface area contributed by atoms with Crippen LogP contribution in [0.5, 0.6) is 0 Å². The molecule has 2 N–H and O–H groups in total. The van der Waals surface area contributed by atoms with E-state index in [9.17, 15) is 9.90 Å². The summed E-state index contributed by atoms with van der Waals surface area (Å²) in [6.07, 6.45) is 5.22. The van der Waals surface area contributed by atoms with Gasteiger partial charge in [-0.1, -0.05) is 24.4 Å². The lowest BCUT2D eigenvalue weighted by Crippen LogP contribution is -2.49. The molecule has 0 bridgehead atoms. The molecule has 0 unspecified atom stereocenters. The predicted octanol–water partition coefficient (Wildman–Crippen LogP) is 1.77. The molecular weight excluding hydrogens is 240 g/mol. The third-order valence-corrected chi connectivity index (χ3v) is 3.55. The van der Waals surface area contributed by atoms with Gasteiger partial charge in [0.2, 0.25) is 0 Å². The summed E-state index contributed by atoms with van der Waals surface area (Å²) < 4.78 is 0. The molecule has 4 nitrogen and oxygen atoms in total. The van der Waals surface area contributed by atoms with Crippen molar-refractivity contribution in [2.45, 2.75) is 31.2 Å². The van der Waals surface area contributed by atoms with Crippen molar-refractivity contribution in [1.82, 2.24) is 10.3 Å². The Balaban J connectivity index is 2.14. The Morgan fingerprint density at radius 3 is 2.82 bits per heavy atom. The van der Waals surface area contributed by atoms with Gasteiger partial charge in [-0.05, 0) is 25.0 Å². The molecule has 1 aliphatic carbocycles. The van der Waals surface area contributed by atoms with Gasteiger partial charge in [-0.15, -0.1) is 0 Å². The number of amides is 1. The van der Waals surface area contributed by atoms with Gasteiger partial charge >= 0.3 is 0 Å². The molecule has 1 fully saturated rings. The largest absolute Gasteiger partial charge is 0.394 e. The average Bonchev–Trinajstić information content (AvgIpc) is 2.79. The SMILES string of the molecule is O=C(NC1(CO)CCCC1)c1cccnc1Cl. The molecule has 1 saturated carbocycles. The van der Waals surface area contributed by atoms with Crippen LogP contribution >= 0.6 is 11.6 Å². The topological polar surface area (TPSA) is 62.2 Å². The van der Waals surface area contributed by atoms with Crippen LogP contribution in [0.2, 0.25) is 5.15 Å². The first-order valence-corrected chi connectivity index (χ1v) is 6.09. The van der Waals surface area contributed by atoms with Gasteiger partial charge in [0, 0.05) is 6.20 Å². The zero-order chi connectivity index (χ0) is 12.3. The molecule has 0 atom stereocenters. The van der Waals surface area contributed by atoms with Crippen molar-refractivity contribution in [2.24, 2.45) is 0 Å². The second kappa shape index (κ2) is 5.02. The van der Waals surface area contributed by atoms with E-state index in [0.29, 0.717) is 5.56 Å². The van der Waals surface area contributed by atoms with Gasteiger partial charge in [0.05, 0.1) is 17.7 Å². The van der Waals surface area contributed by atoms with Gasteiger partial charge in [0.1, 0.15) is 5.15 Å². The number of aliphatic hydroxyl groups is 1. The number of carbonyl (C=O) groups is 1. The van der Waals surface area contributed by atoms with E-state index in [1.54, 1.807) is 12.1 Å². The molecule has 92 valence electrons. The Morgan fingerprint density at radius 1 is 1.53 bits per heavy atom. The van der Waals surface area contributed by atoms with Gasteiger partial charge in [-0.25, -0.2) is 4.98 Å². The summed E-state index contributed by atoms with van der Waals surface area (Å²) >= 11 is 5.86. The fraction of sp³-hybridized carbons (Fsp3) is 0.500. The van der Waals surface area contributed by atoms with Crippen molar-refractivity contribution in [1.29, 1.82) is 0 Å². The molecule has 0 spiro atoms. The number of hydrogen-bond acceptors (Lipinski definition) is 3. The highest BCUT2D eigenvalue weighted by molar-refractivity contribution is 6.32. The van der Waals surface area contributed by atoms with Crippen molar-refractivity contribution in [3.8, 4) is 0 Å². The molecule has 1 aromatic rings. The van der Waals surface area contributed by atoms with Crippen LogP contribution in [0.1, 0.15) is 36.0 Å². The average molecular weight is 255 g/mol. The Kier molecular flexibility index (Phi) is 3.64. The molecule has 0 aromatic carbocycles. The molecule has 1 aliphatic rings. The number of aromatic nitrogens is 1. The maximum Gasteiger partial charge on any atom is 0.254 e. The minimum absolute atomic E-state index is 0.0311. The molecule has 5 heteroatoms. The zero-order valence-corrected chi connectivity index (χ0v) is 10.2. The molecule has 0 radical (unpaired) electrons. The number of nitrogens with zero attached hydrogens (tertiary/aromatic N) is 1. The Hall–Kier alpha value is -1.13. The summed E-state index contributed by atoms with van der Waals surface area (Å²) in [5.74, 6) is -0.265. The Bertz CT molecular complexity index is 417. The molecule has 1 amide bonds. The summed E-state index contributed by atoms with van der Waals surface area (Å²) in [6.45, 7) is -0.0311. The lowest BCUT2D eigenvalue weighted by Gasteiger charge is -2.28. The first-order valence-electron chi connectivity index (χ1n) is 5.71. The van der Waals surface area contributed by atoms with Gasteiger partial charge in [-0.2, -0.15) is 0 Å². The first-order chi connectivity index (χ1) is 8.17. The number of halogens is 1. The summed E-state index contributed by atoms with van der Waals surface area (Å²) in [5.41, 5.74) is -0.120. The summed E-state index contributed by atoms with van der Waals surface area (Å²) in [6, 6.07) is 3.30. The highest BCUT2D eigenvalue weighted by Crippen LogP contribution is 2.29. The number of nitrogens with one attached hydrogen (secondary N) is 1. The fourth-order valence-electron chi connectivity index (χ4n) is 2.24. The van der Waals surface area contributed by atoms with E-state index >= 15 is 0 Å². The van der Waals surface area contributed by atoms with Crippen LogP contribution in [0.25, 0.3) is 0 Å². The minimum Gasteiger partial charge on any atom is -0.394 e. The van der Waals surface area contributed by atoms with Crippen LogP contribution in [-0.2, 0) is 0 Å². The number of carbonyl (C=O) groups excluding carboxylic acids is 1. The van der Waals surface area contributed by atoms with E-state index in [2.05, 4.69) is 10.3 Å². The number of hydrogen-bond donors (Lipinski definition) is 2. The Morgan fingerprint density at radius 2 is 2.24 bits per heavy atom. The maximum absolute atomic E-state index is 12.0. The smallest absolute Gasteiger partial charge is 0.254 e. The lowest BCUT2D eigenvalue weighted by atomic mass is 9.98. The second-order valence-corrected chi connectivity index (χ2v) is 4.80. The van der Waals surface area contributed by atoms with E-state index in [0.717, 1.165) is 25.7 Å². The standard InChI is InChI=1S/C12H15ClN2O2/c13-10-9(4-3-7-14-10)11(17)15-12(8-16)5-1-2-6-12/h3-4,7,16H,1-2,5-6,8H2,(H,15,17). The monoisotopic (exact) mass is 254 g/mol. The van der Waals surface area contributed by atoms with Crippen LogP contribution in [0.15, 0.2) is 18.3 Å². The lowest BCUT2D eigenvalue weighted by molar-refractivity contribution is 0.0838. The molecule has 0 saturated heterocycles. The molecule has 17 heavy (non-hydrogen) atoms. The van der Waals surface area contributed by atoms with Gasteiger partial charge in [-0.3, -0.25) is 4.79 Å². The molecule has 0 aliphatic heterocycles. The van der Waals surface area contributed by atoms with E-state index in [1.807, 2.05) is 0 Å². The van der Waals surface area contributed by atoms with E-state index in [-0.39, 0.29) is 17.7 Å². The molecular formula is C12H15ClN2O2. The number of aliphatic hydroxyl groups excluding tert-OH is 1. The van der Waals surface area contributed by atoms with Crippen molar-refractivity contribution in [3.05, 3.63) is 29.0 Å². The number of pyridine rings is 1. The van der Waals surface area contributed by atoms with Crippen LogP contribution in [0.4, 0.5) is 0 Å². The molecule has 2 rings (SSSR count). The van der Waals surface area contributed by atoms with Crippen LogP contribution in [-0.4, -0.2) is 28.1 Å². The fourth-order valence-corrected chi connectivity index (χ4v) is 2.44. The number of rotatable bonds is 3. The van der Waals surface area contributed by atoms with Crippen molar-refractivity contribution < 1.29 is 9.90 Å². The van der Waals surface area contributed by atoms with Crippen molar-refractivity contribution in [3.63, 3.8) is 0 Å². The van der Waals surface area contributed by atoms with Gasteiger partial charge < -0.3 is 10.4 Å². The molecule has 1 heterocycles. The van der Waals surface area contributed by atoms with Crippen LogP contribution in [0, 0.1) is 0 Å². The third-order valence-electron chi connectivity index (χ3n) is 3.25. The summed E-state index contributed by atoms with van der Waals surface area (Å²) in [4.78, 5) is 15.9. The van der Waals surface area contributed by atoms with Crippen LogP contribution < -0.4 is 5.32 Å². The minimum atomic E-state index is -0.476. The van der Waals surface area contributed by atoms with Gasteiger partial charge in [0.15, 0.2) is 0 Å². The van der Waals surface area contributed by atoms with Crippen LogP contribution in [0.3, 0.4) is 0 Å². The van der Waals surface area contributed by atoms with Gasteiger partial charge in [0.25, 0.3) is 5.91 Å². The summed E-state index contributed by atoms with van der Waals surface area (Å²) in [7, 11) is 0. The zero-order valence-electron chi connectivity index (χ0n) is 9.45. The maximum atomic E-state index is 12.0. The first kappa shape index (κ1) is 12.3. The summed E-state index contributed by atoms with van der Waals surface area (Å²) in [5, 5.41) is 12.5. The normalized spacial score (nSPS) is 18.0.